The molecule has 0 aromatic carbocycles. The third kappa shape index (κ3) is 4.61. The van der Waals surface area contributed by atoms with Crippen LogP contribution in [0.25, 0.3) is 0 Å². The predicted molar refractivity (Wildman–Crippen MR) is 62.4 cm³/mol. The van der Waals surface area contributed by atoms with Gasteiger partial charge < -0.3 is 13.6 Å². The summed E-state index contributed by atoms with van der Waals surface area (Å²) in [7, 11) is 2.15. The van der Waals surface area contributed by atoms with Crippen LogP contribution in [0.1, 0.15) is 13.3 Å². The Morgan fingerprint density at radius 2 is 2.13 bits per heavy atom. The zero-order valence-electron chi connectivity index (χ0n) is 10.1. The molecule has 90 valence electrons. The van der Waals surface area contributed by atoms with Gasteiger partial charge in [-0.25, -0.2) is 0 Å². The van der Waals surface area contributed by atoms with Crippen LogP contribution < -0.4 is 0 Å². The summed E-state index contributed by atoms with van der Waals surface area (Å²) in [6.45, 7) is 6.17. The van der Waals surface area contributed by atoms with Crippen LogP contribution >= 0.6 is 0 Å². The van der Waals surface area contributed by atoms with Gasteiger partial charge in [-0.1, -0.05) is 0 Å². The third-order valence-electron chi connectivity index (χ3n) is 2.92. The van der Waals surface area contributed by atoms with Gasteiger partial charge in [-0.3, -0.25) is 4.90 Å². The lowest BCUT2D eigenvalue weighted by Gasteiger charge is -2.33. The zero-order valence-corrected chi connectivity index (χ0v) is 11.2. The van der Waals surface area contributed by atoms with Crippen LogP contribution in [0.4, 0.5) is 0 Å². The Kier molecular flexibility index (Phi) is 6.43. The Balaban J connectivity index is 2.12. The van der Waals surface area contributed by atoms with Crippen LogP contribution in [0.3, 0.4) is 0 Å². The topological polar surface area (TPSA) is 30.9 Å². The molecule has 15 heavy (non-hydrogen) atoms. The largest absolute Gasteiger partial charge is 0.400 e. The van der Waals surface area contributed by atoms with Gasteiger partial charge in [-0.2, -0.15) is 0 Å². The molecule has 1 saturated heterocycles. The minimum Gasteiger partial charge on any atom is -0.400 e. The molecule has 5 heteroatoms. The minimum atomic E-state index is -1.34. The zero-order chi connectivity index (χ0) is 11.1. The lowest BCUT2D eigenvalue weighted by Crippen LogP contribution is -2.44. The number of ether oxygens (including phenoxy) is 1. The summed E-state index contributed by atoms with van der Waals surface area (Å²) in [4.78, 5) is 2.49. The second-order valence-electron chi connectivity index (χ2n) is 4.00. The van der Waals surface area contributed by atoms with Gasteiger partial charge >= 0.3 is 9.28 Å². The number of nitrogens with zero attached hydrogens (tertiary/aromatic N) is 1. The van der Waals surface area contributed by atoms with E-state index in [-0.39, 0.29) is 0 Å². The third-order valence-corrected chi connectivity index (χ3v) is 4.85. The summed E-state index contributed by atoms with van der Waals surface area (Å²) >= 11 is 0. The van der Waals surface area contributed by atoms with E-state index in [1.807, 2.05) is 0 Å². The van der Waals surface area contributed by atoms with Crippen LogP contribution in [0, 0.1) is 0 Å². The first-order valence-corrected chi connectivity index (χ1v) is 7.41. The highest BCUT2D eigenvalue weighted by molar-refractivity contribution is 6.44. The van der Waals surface area contributed by atoms with Gasteiger partial charge in [0.25, 0.3) is 0 Å². The molecule has 0 bridgehead atoms. The summed E-state index contributed by atoms with van der Waals surface area (Å²) in [5, 5.41) is 0. The number of rotatable bonds is 6. The monoisotopic (exact) mass is 233 g/mol. The Labute approximate surface area is 94.3 Å². The van der Waals surface area contributed by atoms with Crippen molar-refractivity contribution in [3.63, 3.8) is 0 Å². The normalized spacial score (nSPS) is 23.6. The fourth-order valence-electron chi connectivity index (χ4n) is 1.89. The Morgan fingerprint density at radius 1 is 1.40 bits per heavy atom. The minimum absolute atomic E-state index is 0.559. The standard InChI is InChI=1S/C10H23NO3Si/c1-10-9-14-7-6-11(10)5-4-8-15(12-2)13-3/h10,15H,4-9H2,1-3H3. The number of morpholine rings is 1. The molecule has 1 atom stereocenters. The first-order chi connectivity index (χ1) is 7.27. The average molecular weight is 233 g/mol. The summed E-state index contributed by atoms with van der Waals surface area (Å²) in [6.07, 6.45) is 1.17. The van der Waals surface area contributed by atoms with Crippen molar-refractivity contribution in [1.29, 1.82) is 0 Å². The molecule has 1 heterocycles. The molecule has 1 aliphatic heterocycles. The molecule has 1 fully saturated rings. The van der Waals surface area contributed by atoms with E-state index in [4.69, 9.17) is 13.6 Å². The molecule has 0 saturated carbocycles. The molecule has 4 nitrogen and oxygen atoms in total. The highest BCUT2D eigenvalue weighted by Crippen LogP contribution is 2.09. The fraction of sp³-hybridized carbons (Fsp3) is 1.00. The smallest absolute Gasteiger partial charge is 0.320 e. The van der Waals surface area contributed by atoms with Gasteiger partial charge in [0, 0.05) is 26.8 Å². The van der Waals surface area contributed by atoms with Gasteiger partial charge in [-0.05, 0) is 25.9 Å². The molecule has 1 aliphatic rings. The SMILES string of the molecule is CO[SiH](CCCN1CCOCC1C)OC. The molecule has 0 spiro atoms. The van der Waals surface area contributed by atoms with Crippen molar-refractivity contribution in [3.8, 4) is 0 Å². The average Bonchev–Trinajstić information content (AvgIpc) is 2.27. The highest BCUT2D eigenvalue weighted by Gasteiger charge is 2.18. The van der Waals surface area contributed by atoms with Crippen molar-refractivity contribution in [2.75, 3.05) is 40.5 Å². The summed E-state index contributed by atoms with van der Waals surface area (Å²) in [5.74, 6) is 0. The molecular formula is C10H23NO3Si. The maximum absolute atomic E-state index is 5.40. The van der Waals surface area contributed by atoms with Gasteiger partial charge in [0.15, 0.2) is 0 Å². The second kappa shape index (κ2) is 7.35. The van der Waals surface area contributed by atoms with E-state index in [0.717, 1.165) is 32.3 Å². The molecule has 0 N–H and O–H groups in total. The van der Waals surface area contributed by atoms with E-state index >= 15 is 0 Å². The van der Waals surface area contributed by atoms with Crippen molar-refractivity contribution in [1.82, 2.24) is 4.90 Å². The molecule has 0 aromatic rings. The first kappa shape index (κ1) is 13.1. The maximum Gasteiger partial charge on any atom is 0.320 e. The van der Waals surface area contributed by atoms with Crippen molar-refractivity contribution in [2.24, 2.45) is 0 Å². The van der Waals surface area contributed by atoms with Gasteiger partial charge in [0.05, 0.1) is 13.2 Å². The van der Waals surface area contributed by atoms with Crippen LogP contribution in [-0.4, -0.2) is 60.7 Å². The molecule has 0 radical (unpaired) electrons. The Morgan fingerprint density at radius 3 is 2.73 bits per heavy atom. The predicted octanol–water partition coefficient (Wildman–Crippen LogP) is 0.610. The van der Waals surface area contributed by atoms with Crippen molar-refractivity contribution >= 4 is 9.28 Å². The van der Waals surface area contributed by atoms with E-state index in [1.165, 1.54) is 6.42 Å². The van der Waals surface area contributed by atoms with Gasteiger partial charge in [-0.15, -0.1) is 0 Å². The van der Waals surface area contributed by atoms with Crippen molar-refractivity contribution in [3.05, 3.63) is 0 Å². The van der Waals surface area contributed by atoms with E-state index in [9.17, 15) is 0 Å². The maximum atomic E-state index is 5.40. The Bertz CT molecular complexity index is 167. The van der Waals surface area contributed by atoms with E-state index in [0.29, 0.717) is 6.04 Å². The van der Waals surface area contributed by atoms with Gasteiger partial charge in [0.2, 0.25) is 0 Å². The van der Waals surface area contributed by atoms with Crippen molar-refractivity contribution < 1.29 is 13.6 Å². The van der Waals surface area contributed by atoms with Crippen molar-refractivity contribution in [2.45, 2.75) is 25.4 Å². The van der Waals surface area contributed by atoms with E-state index in [2.05, 4.69) is 11.8 Å². The number of hydrogen-bond donors (Lipinski definition) is 0. The molecule has 0 amide bonds. The quantitative estimate of drug-likeness (QED) is 0.629. The highest BCUT2D eigenvalue weighted by atomic mass is 28.3. The van der Waals surface area contributed by atoms with Crippen LogP contribution in [-0.2, 0) is 13.6 Å². The molecular weight excluding hydrogens is 210 g/mol. The van der Waals surface area contributed by atoms with Crippen LogP contribution in [0.2, 0.25) is 6.04 Å². The molecule has 0 aromatic heterocycles. The van der Waals surface area contributed by atoms with Crippen LogP contribution in [0.5, 0.6) is 0 Å². The first-order valence-electron chi connectivity index (χ1n) is 5.65. The molecule has 0 aliphatic carbocycles. The lowest BCUT2D eigenvalue weighted by molar-refractivity contribution is -0.000282. The van der Waals surface area contributed by atoms with Crippen LogP contribution in [0.15, 0.2) is 0 Å². The summed E-state index contributed by atoms with van der Waals surface area (Å²) < 4.78 is 16.0. The number of hydrogen-bond acceptors (Lipinski definition) is 4. The van der Waals surface area contributed by atoms with E-state index < -0.39 is 9.28 Å². The van der Waals surface area contributed by atoms with Gasteiger partial charge in [0.1, 0.15) is 0 Å². The molecule has 1 rings (SSSR count). The summed E-state index contributed by atoms with van der Waals surface area (Å²) in [5.41, 5.74) is 0. The Hall–Kier alpha value is 0.0569. The van der Waals surface area contributed by atoms with E-state index in [1.54, 1.807) is 14.2 Å². The summed E-state index contributed by atoms with van der Waals surface area (Å²) in [6, 6.07) is 1.65. The second-order valence-corrected chi connectivity index (χ2v) is 6.38. The molecule has 1 unspecified atom stereocenters. The fourth-order valence-corrected chi connectivity index (χ4v) is 3.07. The lowest BCUT2D eigenvalue weighted by atomic mass is 10.2.